The first kappa shape index (κ1) is 12.6. The van der Waals surface area contributed by atoms with E-state index >= 15 is 0 Å². The molecule has 0 aliphatic heterocycles. The number of rotatable bonds is 1. The quantitative estimate of drug-likeness (QED) is 0.508. The minimum Gasteiger partial charge on any atom is -0.329 e. The fourth-order valence-electron chi connectivity index (χ4n) is 2.57. The van der Waals surface area contributed by atoms with Gasteiger partial charge in [0.2, 0.25) is 0 Å². The van der Waals surface area contributed by atoms with E-state index in [1.54, 1.807) is 0 Å². The van der Waals surface area contributed by atoms with Crippen molar-refractivity contribution in [2.45, 2.75) is 0 Å². The number of aromatic nitrogens is 3. The van der Waals surface area contributed by atoms with Gasteiger partial charge in [0.1, 0.15) is 0 Å². The number of pyridine rings is 1. The van der Waals surface area contributed by atoms with E-state index in [0.717, 1.165) is 27.6 Å². The summed E-state index contributed by atoms with van der Waals surface area (Å²) in [6, 6.07) is 15.7. The number of para-hydroxylation sites is 1. The van der Waals surface area contributed by atoms with E-state index in [9.17, 15) is 0 Å². The molecule has 1 N–H and O–H groups in total. The van der Waals surface area contributed by atoms with E-state index in [4.69, 9.17) is 23.8 Å². The zero-order valence-electron chi connectivity index (χ0n) is 10.9. The number of benzene rings is 2. The van der Waals surface area contributed by atoms with Crippen molar-refractivity contribution in [2.75, 3.05) is 0 Å². The summed E-state index contributed by atoms with van der Waals surface area (Å²) in [5, 5.41) is 1.77. The van der Waals surface area contributed by atoms with Crippen LogP contribution in [0.4, 0.5) is 0 Å². The van der Waals surface area contributed by atoms with Gasteiger partial charge in [-0.1, -0.05) is 29.8 Å². The molecule has 0 saturated carbocycles. The van der Waals surface area contributed by atoms with Gasteiger partial charge < -0.3 is 4.98 Å². The van der Waals surface area contributed by atoms with Crippen LogP contribution in [0.1, 0.15) is 0 Å². The third-order valence-corrected chi connectivity index (χ3v) is 4.04. The highest BCUT2D eigenvalue weighted by atomic mass is 35.5. The van der Waals surface area contributed by atoms with Crippen LogP contribution in [0.5, 0.6) is 0 Å². The van der Waals surface area contributed by atoms with Gasteiger partial charge in [0.25, 0.3) is 0 Å². The summed E-state index contributed by atoms with van der Waals surface area (Å²) in [6.45, 7) is 0. The van der Waals surface area contributed by atoms with Crippen LogP contribution < -0.4 is 0 Å². The van der Waals surface area contributed by atoms with Crippen molar-refractivity contribution in [3.05, 3.63) is 64.5 Å². The number of aromatic amines is 1. The topological polar surface area (TPSA) is 33.6 Å². The van der Waals surface area contributed by atoms with Gasteiger partial charge in [0.05, 0.1) is 22.7 Å². The van der Waals surface area contributed by atoms with Gasteiger partial charge in [-0.05, 0) is 42.5 Å². The first-order valence-corrected chi connectivity index (χ1v) is 7.27. The predicted octanol–water partition coefficient (Wildman–Crippen LogP) is 4.89. The Bertz CT molecular complexity index is 1020. The number of halogens is 1. The molecule has 4 aromatic rings. The number of H-pyrrole nitrogens is 1. The molecule has 3 nitrogen and oxygen atoms in total. The van der Waals surface area contributed by atoms with E-state index in [1.165, 1.54) is 0 Å². The summed E-state index contributed by atoms with van der Waals surface area (Å²) in [4.78, 5) is 7.67. The molecule has 21 heavy (non-hydrogen) atoms. The second-order valence-corrected chi connectivity index (χ2v) is 5.60. The SMILES string of the molecule is S=c1[nH]c2cnc3ccccc3c2n1-c1ccc(Cl)cc1. The third-order valence-electron chi connectivity index (χ3n) is 3.50. The largest absolute Gasteiger partial charge is 0.329 e. The van der Waals surface area contributed by atoms with Crippen LogP contribution in [0.3, 0.4) is 0 Å². The fourth-order valence-corrected chi connectivity index (χ4v) is 3.00. The Labute approximate surface area is 130 Å². The molecular weight excluding hydrogens is 302 g/mol. The monoisotopic (exact) mass is 311 g/mol. The summed E-state index contributed by atoms with van der Waals surface area (Å²) in [7, 11) is 0. The molecule has 2 aromatic carbocycles. The van der Waals surface area contributed by atoms with Crippen LogP contribution in [-0.4, -0.2) is 14.5 Å². The number of nitrogens with zero attached hydrogens (tertiary/aromatic N) is 2. The lowest BCUT2D eigenvalue weighted by molar-refractivity contribution is 1.07. The van der Waals surface area contributed by atoms with E-state index in [0.29, 0.717) is 9.79 Å². The molecule has 0 saturated heterocycles. The van der Waals surface area contributed by atoms with Crippen LogP contribution in [-0.2, 0) is 0 Å². The maximum Gasteiger partial charge on any atom is 0.182 e. The molecule has 2 aromatic heterocycles. The summed E-state index contributed by atoms with van der Waals surface area (Å²) < 4.78 is 2.66. The number of hydrogen-bond acceptors (Lipinski definition) is 2. The summed E-state index contributed by atoms with van der Waals surface area (Å²) in [5.41, 5.74) is 3.88. The second kappa shape index (κ2) is 4.69. The third kappa shape index (κ3) is 1.95. The highest BCUT2D eigenvalue weighted by Gasteiger charge is 2.10. The van der Waals surface area contributed by atoms with Crippen LogP contribution >= 0.6 is 23.8 Å². The average molecular weight is 312 g/mol. The maximum atomic E-state index is 5.97. The Morgan fingerprint density at radius 3 is 2.62 bits per heavy atom. The van der Waals surface area contributed by atoms with Gasteiger partial charge in [0, 0.05) is 16.1 Å². The van der Waals surface area contributed by atoms with E-state index < -0.39 is 0 Å². The van der Waals surface area contributed by atoms with Crippen LogP contribution in [0.2, 0.25) is 5.02 Å². The average Bonchev–Trinajstić information content (AvgIpc) is 2.85. The summed E-state index contributed by atoms with van der Waals surface area (Å²) in [5.74, 6) is 0. The smallest absolute Gasteiger partial charge is 0.182 e. The number of imidazole rings is 1. The first-order valence-electron chi connectivity index (χ1n) is 6.48. The fraction of sp³-hybridized carbons (Fsp3) is 0. The Kier molecular flexibility index (Phi) is 2.80. The molecule has 0 atom stereocenters. The van der Waals surface area contributed by atoms with Gasteiger partial charge in [-0.15, -0.1) is 0 Å². The standard InChI is InChI=1S/C16H10ClN3S/c17-10-5-7-11(8-6-10)20-15-12-3-1-2-4-13(12)18-9-14(15)19-16(20)21/h1-9H,(H,19,21). The number of hydrogen-bond donors (Lipinski definition) is 1. The minimum absolute atomic E-state index is 0.644. The van der Waals surface area contributed by atoms with Crippen molar-refractivity contribution in [1.82, 2.24) is 14.5 Å². The molecular formula is C16H10ClN3S. The Balaban J connectivity index is 2.17. The highest BCUT2D eigenvalue weighted by molar-refractivity contribution is 7.71. The van der Waals surface area contributed by atoms with Crippen LogP contribution in [0.15, 0.2) is 54.7 Å². The van der Waals surface area contributed by atoms with Crippen molar-refractivity contribution in [3.63, 3.8) is 0 Å². The van der Waals surface area contributed by atoms with Crippen molar-refractivity contribution < 1.29 is 0 Å². The van der Waals surface area contributed by atoms with Gasteiger partial charge >= 0.3 is 0 Å². The van der Waals surface area contributed by atoms with Crippen molar-refractivity contribution in [3.8, 4) is 5.69 Å². The molecule has 4 rings (SSSR count). The van der Waals surface area contributed by atoms with Gasteiger partial charge in [0.15, 0.2) is 4.77 Å². The summed E-state index contributed by atoms with van der Waals surface area (Å²) in [6.07, 6.45) is 1.82. The first-order chi connectivity index (χ1) is 10.2. The molecule has 0 aliphatic carbocycles. The maximum absolute atomic E-state index is 5.97. The Morgan fingerprint density at radius 2 is 1.81 bits per heavy atom. The van der Waals surface area contributed by atoms with Gasteiger partial charge in [-0.2, -0.15) is 0 Å². The molecule has 0 amide bonds. The molecule has 5 heteroatoms. The number of fused-ring (bicyclic) bond motifs is 3. The summed E-state index contributed by atoms with van der Waals surface area (Å²) >= 11 is 11.5. The highest BCUT2D eigenvalue weighted by Crippen LogP contribution is 2.26. The Morgan fingerprint density at radius 1 is 1.05 bits per heavy atom. The van der Waals surface area contributed by atoms with Crippen LogP contribution in [0.25, 0.3) is 27.6 Å². The second-order valence-electron chi connectivity index (χ2n) is 4.78. The minimum atomic E-state index is 0.644. The lowest BCUT2D eigenvalue weighted by atomic mass is 10.2. The lowest BCUT2D eigenvalue weighted by Crippen LogP contribution is -1.94. The van der Waals surface area contributed by atoms with Crippen LogP contribution in [0, 0.1) is 4.77 Å². The molecule has 0 aliphatic rings. The number of nitrogens with one attached hydrogen (secondary N) is 1. The molecule has 0 spiro atoms. The van der Waals surface area contributed by atoms with E-state index in [-0.39, 0.29) is 0 Å². The lowest BCUT2D eigenvalue weighted by Gasteiger charge is -2.06. The molecule has 0 radical (unpaired) electrons. The molecule has 0 unspecified atom stereocenters. The van der Waals surface area contributed by atoms with E-state index in [1.807, 2.05) is 53.2 Å². The molecule has 0 bridgehead atoms. The molecule has 102 valence electrons. The van der Waals surface area contributed by atoms with Crippen molar-refractivity contribution >= 4 is 45.8 Å². The predicted molar refractivity (Wildman–Crippen MR) is 88.8 cm³/mol. The molecule has 2 heterocycles. The Hall–Kier alpha value is -2.17. The van der Waals surface area contributed by atoms with E-state index in [2.05, 4.69) is 16.0 Å². The molecule has 0 fully saturated rings. The van der Waals surface area contributed by atoms with Gasteiger partial charge in [-0.3, -0.25) is 9.55 Å². The zero-order valence-corrected chi connectivity index (χ0v) is 12.4. The zero-order chi connectivity index (χ0) is 14.4. The van der Waals surface area contributed by atoms with Crippen molar-refractivity contribution in [2.24, 2.45) is 0 Å². The normalized spacial score (nSPS) is 11.3. The van der Waals surface area contributed by atoms with Crippen molar-refractivity contribution in [1.29, 1.82) is 0 Å². The van der Waals surface area contributed by atoms with Gasteiger partial charge in [-0.25, -0.2) is 0 Å².